The van der Waals surface area contributed by atoms with Crippen LogP contribution in [0.15, 0.2) is 36.4 Å². The van der Waals surface area contributed by atoms with Crippen molar-refractivity contribution in [1.82, 2.24) is 9.21 Å². The second kappa shape index (κ2) is 5.97. The number of amides is 2. The van der Waals surface area contributed by atoms with Crippen LogP contribution < -0.4 is 0 Å². The van der Waals surface area contributed by atoms with Gasteiger partial charge in [0.1, 0.15) is 0 Å². The first kappa shape index (κ1) is 16.0. The van der Waals surface area contributed by atoms with Gasteiger partial charge in [-0.2, -0.15) is 4.31 Å². The normalized spacial score (nSPS) is 29.5. The number of fused-ring (bicyclic) bond motifs is 1. The molecule has 7 nitrogen and oxygen atoms in total. The number of imide groups is 1. The second-order valence-corrected chi connectivity index (χ2v) is 6.47. The minimum Gasteiger partial charge on any atom is -0.389 e. The van der Waals surface area contributed by atoms with Crippen molar-refractivity contribution in [2.75, 3.05) is 6.54 Å². The van der Waals surface area contributed by atoms with E-state index in [4.69, 9.17) is 0 Å². The number of rotatable bonds is 2. The number of hydrogen-bond acceptors (Lipinski definition) is 4. The van der Waals surface area contributed by atoms with Gasteiger partial charge in [0, 0.05) is 12.6 Å². The van der Waals surface area contributed by atoms with Crippen molar-refractivity contribution in [3.05, 3.63) is 47.5 Å². The van der Waals surface area contributed by atoms with Crippen LogP contribution in [0.4, 0.5) is 0 Å². The maximum Gasteiger partial charge on any atom is 0.262 e. The van der Waals surface area contributed by atoms with Gasteiger partial charge < -0.3 is 5.11 Å². The average molecular weight is 336 g/mol. The van der Waals surface area contributed by atoms with Crippen molar-refractivity contribution < 1.29 is 23.5 Å². The minimum atomic E-state index is -2.25. The summed E-state index contributed by atoms with van der Waals surface area (Å²) in [5, 5.41) is 10.4. The summed E-state index contributed by atoms with van der Waals surface area (Å²) >= 11 is -2.25. The van der Waals surface area contributed by atoms with Gasteiger partial charge in [-0.1, -0.05) is 24.3 Å². The van der Waals surface area contributed by atoms with Crippen LogP contribution in [0, 0.1) is 0 Å². The summed E-state index contributed by atoms with van der Waals surface area (Å²) in [6, 6.07) is 5.20. The van der Waals surface area contributed by atoms with Crippen LogP contribution in [-0.2, 0) is 11.3 Å². The highest BCUT2D eigenvalue weighted by Crippen LogP contribution is 2.27. The first-order chi connectivity index (χ1) is 10.9. The molecule has 0 bridgehead atoms. The molecule has 2 aliphatic rings. The molecule has 0 radical (unpaired) electrons. The summed E-state index contributed by atoms with van der Waals surface area (Å²) in [4.78, 5) is 26.0. The molecule has 2 amide bonds. The van der Waals surface area contributed by atoms with E-state index in [-0.39, 0.29) is 6.54 Å². The molecule has 1 aromatic rings. The van der Waals surface area contributed by atoms with Crippen LogP contribution in [-0.4, -0.2) is 59.6 Å². The van der Waals surface area contributed by atoms with Crippen molar-refractivity contribution in [1.29, 1.82) is 0 Å². The third kappa shape index (κ3) is 2.63. The number of carbonyl (C=O) groups excluding carboxylic acids is 2. The second-order valence-electron chi connectivity index (χ2n) is 5.54. The highest BCUT2D eigenvalue weighted by Gasteiger charge is 2.43. The third-order valence-corrected chi connectivity index (χ3v) is 5.01. The average Bonchev–Trinajstić information content (AvgIpc) is 2.67. The van der Waals surface area contributed by atoms with Crippen molar-refractivity contribution in [2.45, 2.75) is 25.1 Å². The molecule has 0 spiro atoms. The Morgan fingerprint density at radius 1 is 1.13 bits per heavy atom. The molecule has 0 aromatic heterocycles. The highest BCUT2D eigenvalue weighted by molar-refractivity contribution is 7.76. The van der Waals surface area contributed by atoms with Gasteiger partial charge in [0.25, 0.3) is 11.8 Å². The Bertz CT molecular complexity index is 685. The van der Waals surface area contributed by atoms with Crippen LogP contribution in [0.5, 0.6) is 0 Å². The van der Waals surface area contributed by atoms with Gasteiger partial charge in [-0.3, -0.25) is 19.0 Å². The summed E-state index contributed by atoms with van der Waals surface area (Å²) in [5.74, 6) is -0.934. The van der Waals surface area contributed by atoms with E-state index >= 15 is 0 Å². The molecule has 8 heteroatoms. The Kier molecular flexibility index (Phi) is 4.15. The lowest BCUT2D eigenvalue weighted by Gasteiger charge is -2.28. The molecule has 4 atom stereocenters. The Morgan fingerprint density at radius 3 is 2.22 bits per heavy atom. The molecule has 2 aliphatic heterocycles. The van der Waals surface area contributed by atoms with Crippen LogP contribution in [0.25, 0.3) is 0 Å². The summed E-state index contributed by atoms with van der Waals surface area (Å²) < 4.78 is 21.8. The summed E-state index contributed by atoms with van der Waals surface area (Å²) in [5.41, 5.74) is 0.607. The molecule has 122 valence electrons. The number of benzene rings is 1. The number of carbonyl (C=O) groups is 2. The molecule has 0 saturated carbocycles. The van der Waals surface area contributed by atoms with E-state index in [2.05, 4.69) is 0 Å². The fourth-order valence-corrected chi connectivity index (χ4v) is 3.54. The van der Waals surface area contributed by atoms with Crippen LogP contribution >= 0.6 is 0 Å². The van der Waals surface area contributed by atoms with Crippen LogP contribution in [0.1, 0.15) is 27.6 Å². The van der Waals surface area contributed by atoms with Gasteiger partial charge in [-0.25, -0.2) is 4.21 Å². The fourth-order valence-electron chi connectivity index (χ4n) is 2.90. The van der Waals surface area contributed by atoms with Crippen LogP contribution in [0.3, 0.4) is 0 Å². The van der Waals surface area contributed by atoms with E-state index in [1.54, 1.807) is 43.3 Å². The Morgan fingerprint density at radius 2 is 1.70 bits per heavy atom. The maximum atomic E-state index is 12.5. The van der Waals surface area contributed by atoms with Crippen molar-refractivity contribution in [3.8, 4) is 0 Å². The van der Waals surface area contributed by atoms with Crippen molar-refractivity contribution in [3.63, 3.8) is 0 Å². The lowest BCUT2D eigenvalue weighted by atomic mass is 10.1. The maximum absolute atomic E-state index is 12.5. The van der Waals surface area contributed by atoms with E-state index in [9.17, 15) is 23.5 Å². The molecule has 1 unspecified atom stereocenters. The number of β-amino-alcohol motifs (C(OH)–C–C–N with tert-alkyl or cyclic N) is 1. The Labute approximate surface area is 135 Å². The monoisotopic (exact) mass is 336 g/mol. The number of hydrogen-bond donors (Lipinski definition) is 2. The Hall–Kier alpha value is -1.87. The highest BCUT2D eigenvalue weighted by atomic mass is 32.2. The lowest BCUT2D eigenvalue weighted by Crippen LogP contribution is -2.49. The molecular formula is C15H16N2O5S. The standard InChI is InChI=1S/C15H16N2O5S/c1-9-6-7-12(13(18)8-16(9)23(21)22)17-14(19)10-4-2-3-5-11(10)15(17)20/h2-7,9,12-13,18H,8H2,1H3,(H,21,22)/t9-,12-,13-/m0/s1. The summed E-state index contributed by atoms with van der Waals surface area (Å²) in [6.45, 7) is 1.57. The Balaban J connectivity index is 1.94. The van der Waals surface area contributed by atoms with Crippen LogP contribution in [0.2, 0.25) is 0 Å². The van der Waals surface area contributed by atoms with Gasteiger partial charge in [-0.15, -0.1) is 0 Å². The number of aliphatic hydroxyl groups excluding tert-OH is 1. The predicted octanol–water partition coefficient (Wildman–Crippen LogP) is 0.409. The first-order valence-electron chi connectivity index (χ1n) is 7.12. The molecule has 0 saturated heterocycles. The largest absolute Gasteiger partial charge is 0.389 e. The molecular weight excluding hydrogens is 320 g/mol. The molecule has 1 aromatic carbocycles. The number of aliphatic hydroxyl groups is 1. The zero-order valence-corrected chi connectivity index (χ0v) is 13.1. The number of nitrogens with zero attached hydrogens (tertiary/aromatic N) is 2. The smallest absolute Gasteiger partial charge is 0.262 e. The molecule has 2 N–H and O–H groups in total. The quantitative estimate of drug-likeness (QED) is 0.463. The van der Waals surface area contributed by atoms with Gasteiger partial charge in [0.05, 0.1) is 23.3 Å². The molecule has 0 aliphatic carbocycles. The molecule has 23 heavy (non-hydrogen) atoms. The zero-order chi connectivity index (χ0) is 16.7. The van der Waals surface area contributed by atoms with E-state index in [1.807, 2.05) is 0 Å². The molecule has 3 rings (SSSR count). The summed E-state index contributed by atoms with van der Waals surface area (Å²) in [7, 11) is 0. The van der Waals surface area contributed by atoms with E-state index < -0.39 is 41.3 Å². The zero-order valence-electron chi connectivity index (χ0n) is 12.3. The topological polar surface area (TPSA) is 98.2 Å². The molecule has 0 fully saturated rings. The minimum absolute atomic E-state index is 0.130. The van der Waals surface area contributed by atoms with Crippen molar-refractivity contribution in [2.24, 2.45) is 0 Å². The van der Waals surface area contributed by atoms with Gasteiger partial charge in [0.15, 0.2) is 0 Å². The lowest BCUT2D eigenvalue weighted by molar-refractivity contribution is 0.0402. The van der Waals surface area contributed by atoms with E-state index in [0.29, 0.717) is 11.1 Å². The predicted molar refractivity (Wildman–Crippen MR) is 82.8 cm³/mol. The van der Waals surface area contributed by atoms with E-state index in [0.717, 1.165) is 4.90 Å². The van der Waals surface area contributed by atoms with E-state index in [1.165, 1.54) is 4.31 Å². The summed E-state index contributed by atoms with van der Waals surface area (Å²) in [6.07, 6.45) is 2.00. The third-order valence-electron chi connectivity index (χ3n) is 4.13. The fraction of sp³-hybridized carbons (Fsp3) is 0.333. The SMILES string of the molecule is C[C@H]1C=C[C@H](N2C(=O)c3ccccc3C2=O)[C@@H](O)CN1S(=O)O. The van der Waals surface area contributed by atoms with Crippen molar-refractivity contribution >= 4 is 23.1 Å². The van der Waals surface area contributed by atoms with Gasteiger partial charge >= 0.3 is 0 Å². The van der Waals surface area contributed by atoms with Gasteiger partial charge in [0.2, 0.25) is 11.3 Å². The van der Waals surface area contributed by atoms with Gasteiger partial charge in [-0.05, 0) is 19.1 Å². The molecule has 2 heterocycles. The first-order valence-corrected chi connectivity index (χ1v) is 8.19.